The van der Waals surface area contributed by atoms with Crippen LogP contribution < -0.4 is 10.2 Å². The minimum absolute atomic E-state index is 0.00784. The third kappa shape index (κ3) is 61.0. The van der Waals surface area contributed by atoms with Crippen LogP contribution >= 0.6 is 7.82 Å². The molecule has 452 valence electrons. The molecule has 0 rings (SSSR count). The van der Waals surface area contributed by atoms with E-state index in [1.807, 2.05) is 21.1 Å². The number of carbonyl (C=O) groups excluding carboxylic acids is 1. The summed E-state index contributed by atoms with van der Waals surface area (Å²) in [6.07, 6.45) is 84.5. The normalized spacial score (nSPS) is 14.4. The van der Waals surface area contributed by atoms with E-state index in [2.05, 4.69) is 116 Å². The van der Waals surface area contributed by atoms with Crippen molar-refractivity contribution in [3.8, 4) is 0 Å². The van der Waals surface area contributed by atoms with Crippen LogP contribution in [-0.2, 0) is 18.4 Å². The quantitative estimate of drug-likeness (QED) is 0.0272. The van der Waals surface area contributed by atoms with E-state index in [9.17, 15) is 19.4 Å². The third-order valence-electron chi connectivity index (χ3n) is 14.3. The smallest absolute Gasteiger partial charge is 0.268 e. The van der Waals surface area contributed by atoms with E-state index in [1.54, 1.807) is 0 Å². The van der Waals surface area contributed by atoms with Gasteiger partial charge in [0.05, 0.1) is 39.9 Å². The SMILES string of the molecule is CC/C=C\C/C=C\C/C=C\C/C=C\C/C=C\C/C=C\C/C=C\C/C=C\CCCCCCCCCCCCC(=O)NC(COP(=O)([O-])OCC[N+](C)(C)C)C(O)CCCCCCCCCCCCCCCCCCCCCCC. The van der Waals surface area contributed by atoms with E-state index in [-0.39, 0.29) is 19.1 Å². The molecule has 0 spiro atoms. The highest BCUT2D eigenvalue weighted by atomic mass is 31.2. The Kier molecular flexibility index (Phi) is 57.1. The van der Waals surface area contributed by atoms with Gasteiger partial charge in [-0.2, -0.15) is 0 Å². The number of hydrogen-bond acceptors (Lipinski definition) is 6. The number of hydrogen-bond donors (Lipinski definition) is 2. The van der Waals surface area contributed by atoms with Gasteiger partial charge in [-0.1, -0.05) is 297 Å². The molecule has 0 saturated carbocycles. The second-order valence-corrected chi connectivity index (χ2v) is 24.5. The van der Waals surface area contributed by atoms with Crippen molar-refractivity contribution < 1.29 is 32.9 Å². The van der Waals surface area contributed by atoms with Gasteiger partial charge in [0.15, 0.2) is 0 Å². The van der Waals surface area contributed by atoms with Crippen molar-refractivity contribution in [1.82, 2.24) is 5.32 Å². The van der Waals surface area contributed by atoms with Gasteiger partial charge >= 0.3 is 0 Å². The van der Waals surface area contributed by atoms with Crippen molar-refractivity contribution in [1.29, 1.82) is 0 Å². The summed E-state index contributed by atoms with van der Waals surface area (Å²) in [5.74, 6) is -0.170. The molecule has 3 atom stereocenters. The average molecular weight is 1110 g/mol. The van der Waals surface area contributed by atoms with Crippen molar-refractivity contribution in [2.75, 3.05) is 40.9 Å². The monoisotopic (exact) mass is 1110 g/mol. The minimum Gasteiger partial charge on any atom is -0.756 e. The Morgan fingerprint density at radius 1 is 0.462 bits per heavy atom. The first-order chi connectivity index (χ1) is 38.0. The van der Waals surface area contributed by atoms with Crippen molar-refractivity contribution in [3.63, 3.8) is 0 Å². The Morgan fingerprint density at radius 2 is 0.782 bits per heavy atom. The lowest BCUT2D eigenvalue weighted by atomic mass is 10.0. The number of phosphoric acid groups is 1. The molecule has 0 bridgehead atoms. The second kappa shape index (κ2) is 59.1. The molecule has 1 amide bonds. The van der Waals surface area contributed by atoms with Crippen LogP contribution in [0.2, 0.25) is 0 Å². The molecular formula is C69H125N2O6P. The number of likely N-dealkylation sites (N-methyl/N-ethyl adjacent to an activating group) is 1. The van der Waals surface area contributed by atoms with E-state index >= 15 is 0 Å². The van der Waals surface area contributed by atoms with Gasteiger partial charge in [-0.25, -0.2) is 0 Å². The number of aliphatic hydroxyl groups excluding tert-OH is 1. The van der Waals surface area contributed by atoms with Gasteiger partial charge in [0.1, 0.15) is 13.2 Å². The molecule has 0 aromatic carbocycles. The lowest BCUT2D eigenvalue weighted by Gasteiger charge is -2.30. The van der Waals surface area contributed by atoms with E-state index in [0.717, 1.165) is 96.3 Å². The summed E-state index contributed by atoms with van der Waals surface area (Å²) in [6, 6.07) is -0.810. The number of allylic oxidation sites excluding steroid dienone is 16. The lowest BCUT2D eigenvalue weighted by Crippen LogP contribution is -2.46. The molecule has 0 aliphatic rings. The van der Waals surface area contributed by atoms with Crippen LogP contribution in [0.5, 0.6) is 0 Å². The Bertz CT molecular complexity index is 1590. The van der Waals surface area contributed by atoms with Gasteiger partial charge in [0, 0.05) is 6.42 Å². The van der Waals surface area contributed by atoms with Crippen LogP contribution in [0.4, 0.5) is 0 Å². The molecule has 8 nitrogen and oxygen atoms in total. The summed E-state index contributed by atoms with van der Waals surface area (Å²) in [5.41, 5.74) is 0. The molecule has 9 heteroatoms. The topological polar surface area (TPSA) is 108 Å². The zero-order valence-corrected chi connectivity index (χ0v) is 52.5. The van der Waals surface area contributed by atoms with Gasteiger partial charge in [-0.15, -0.1) is 0 Å². The maximum atomic E-state index is 13.0. The molecule has 0 aromatic rings. The van der Waals surface area contributed by atoms with Gasteiger partial charge in [0.2, 0.25) is 5.91 Å². The summed E-state index contributed by atoms with van der Waals surface area (Å²) in [6.45, 7) is 4.63. The summed E-state index contributed by atoms with van der Waals surface area (Å²) in [7, 11) is 1.30. The Morgan fingerprint density at radius 3 is 1.14 bits per heavy atom. The first-order valence-electron chi connectivity index (χ1n) is 32.6. The Hall–Kier alpha value is -2.58. The van der Waals surface area contributed by atoms with Crippen LogP contribution in [0.1, 0.15) is 284 Å². The molecule has 0 heterocycles. The third-order valence-corrected chi connectivity index (χ3v) is 15.3. The molecular weight excluding hydrogens is 984 g/mol. The van der Waals surface area contributed by atoms with Crippen molar-refractivity contribution in [2.45, 2.75) is 296 Å². The molecule has 0 fully saturated rings. The zero-order chi connectivity index (χ0) is 57.0. The molecule has 0 aromatic heterocycles. The number of unbranched alkanes of at least 4 members (excludes halogenated alkanes) is 30. The highest BCUT2D eigenvalue weighted by Crippen LogP contribution is 2.38. The van der Waals surface area contributed by atoms with Gasteiger partial charge in [-0.3, -0.25) is 9.36 Å². The number of carbonyl (C=O) groups is 1. The van der Waals surface area contributed by atoms with Gasteiger partial charge in [-0.05, 0) is 77.0 Å². The highest BCUT2D eigenvalue weighted by Gasteiger charge is 2.24. The van der Waals surface area contributed by atoms with E-state index in [1.165, 1.54) is 161 Å². The number of amides is 1. The van der Waals surface area contributed by atoms with E-state index in [0.29, 0.717) is 23.9 Å². The number of phosphoric ester groups is 1. The molecule has 0 saturated heterocycles. The minimum atomic E-state index is -4.58. The van der Waals surface area contributed by atoms with Crippen LogP contribution in [0, 0.1) is 0 Å². The summed E-state index contributed by atoms with van der Waals surface area (Å²) >= 11 is 0. The number of quaternary nitrogens is 1. The van der Waals surface area contributed by atoms with Crippen molar-refractivity contribution in [2.24, 2.45) is 0 Å². The van der Waals surface area contributed by atoms with Crippen LogP contribution in [0.25, 0.3) is 0 Å². The van der Waals surface area contributed by atoms with Gasteiger partial charge in [0.25, 0.3) is 7.82 Å². The maximum Gasteiger partial charge on any atom is 0.268 e. The highest BCUT2D eigenvalue weighted by molar-refractivity contribution is 7.45. The molecule has 3 unspecified atom stereocenters. The molecule has 0 aliphatic heterocycles. The molecule has 2 N–H and O–H groups in total. The first-order valence-corrected chi connectivity index (χ1v) is 34.0. The average Bonchev–Trinajstić information content (AvgIpc) is 3.41. The van der Waals surface area contributed by atoms with Crippen molar-refractivity contribution >= 4 is 13.7 Å². The fourth-order valence-electron chi connectivity index (χ4n) is 9.29. The largest absolute Gasteiger partial charge is 0.756 e. The maximum absolute atomic E-state index is 13.0. The van der Waals surface area contributed by atoms with Crippen LogP contribution in [0.15, 0.2) is 97.2 Å². The predicted octanol–water partition coefficient (Wildman–Crippen LogP) is 19.9. The second-order valence-electron chi connectivity index (χ2n) is 23.1. The molecule has 0 aliphatic carbocycles. The number of nitrogens with one attached hydrogen (secondary N) is 1. The molecule has 0 radical (unpaired) electrons. The molecule has 78 heavy (non-hydrogen) atoms. The number of rotatable bonds is 59. The summed E-state index contributed by atoms with van der Waals surface area (Å²) in [5, 5.41) is 14.1. The Labute approximate surface area is 483 Å². The fraction of sp³-hybridized carbons (Fsp3) is 0.754. The Balaban J connectivity index is 4.12. The standard InChI is InChI=1S/C69H125N2O6P/c1-6-8-10-12-14-16-18-20-22-24-26-28-29-30-31-32-33-34-35-36-37-38-39-40-41-43-45-47-49-51-53-55-57-59-61-63-69(73)70-67(66-77-78(74,75)76-65-64-71(3,4)5)68(72)62-60-58-56-54-52-50-48-46-44-42-27-25-23-21-19-17-15-13-11-9-7-2/h8,10,14,16,20,22,26,28,30-31,33-34,36-37,39-40,67-68,72H,6-7,9,11-13,15,17-19,21,23-25,27,29,32,35,38,41-66H2,1-5H3,(H-,70,73,74,75)/b10-8-,16-14-,22-20-,28-26-,31-30-,34-33-,37-36-,40-39-. The summed E-state index contributed by atoms with van der Waals surface area (Å²) in [4.78, 5) is 25.6. The number of nitrogens with zero attached hydrogens (tertiary/aromatic N) is 1. The van der Waals surface area contributed by atoms with Crippen LogP contribution in [-0.4, -0.2) is 68.5 Å². The fourth-order valence-corrected chi connectivity index (χ4v) is 10.0. The number of aliphatic hydroxyl groups is 1. The van der Waals surface area contributed by atoms with Crippen molar-refractivity contribution in [3.05, 3.63) is 97.2 Å². The summed E-state index contributed by atoms with van der Waals surface area (Å²) < 4.78 is 23.5. The lowest BCUT2D eigenvalue weighted by molar-refractivity contribution is -0.870. The first kappa shape index (κ1) is 75.4. The van der Waals surface area contributed by atoms with E-state index in [4.69, 9.17) is 9.05 Å². The van der Waals surface area contributed by atoms with Crippen LogP contribution in [0.3, 0.4) is 0 Å². The van der Waals surface area contributed by atoms with E-state index < -0.39 is 20.0 Å². The predicted molar refractivity (Wildman–Crippen MR) is 339 cm³/mol. The zero-order valence-electron chi connectivity index (χ0n) is 51.6. The van der Waals surface area contributed by atoms with Gasteiger partial charge < -0.3 is 28.8 Å².